The lowest BCUT2D eigenvalue weighted by atomic mass is 9.90. The molecule has 1 saturated heterocycles. The van der Waals surface area contributed by atoms with Crippen LogP contribution in [0.2, 0.25) is 0 Å². The van der Waals surface area contributed by atoms with Gasteiger partial charge in [-0.15, -0.1) is 0 Å². The highest BCUT2D eigenvalue weighted by Gasteiger charge is 2.25. The molecule has 0 atom stereocenters. The van der Waals surface area contributed by atoms with Crippen molar-refractivity contribution in [3.63, 3.8) is 0 Å². The van der Waals surface area contributed by atoms with Gasteiger partial charge in [-0.05, 0) is 73.2 Å². The summed E-state index contributed by atoms with van der Waals surface area (Å²) in [5, 5.41) is 6.20. The third-order valence-electron chi connectivity index (χ3n) is 6.30. The zero-order valence-corrected chi connectivity index (χ0v) is 17.6. The Bertz CT molecular complexity index is 1170. The highest BCUT2D eigenvalue weighted by Crippen LogP contribution is 2.33. The molecule has 2 N–H and O–H groups in total. The summed E-state index contributed by atoms with van der Waals surface area (Å²) >= 11 is 0. The summed E-state index contributed by atoms with van der Waals surface area (Å²) in [5.41, 5.74) is 4.37. The Hall–Kier alpha value is -3.67. The van der Waals surface area contributed by atoms with E-state index in [0.29, 0.717) is 35.8 Å². The fourth-order valence-corrected chi connectivity index (χ4v) is 4.49. The molecule has 5 nitrogen and oxygen atoms in total. The van der Waals surface area contributed by atoms with Gasteiger partial charge in [-0.3, -0.25) is 9.59 Å². The first-order chi connectivity index (χ1) is 15.6. The van der Waals surface area contributed by atoms with Crippen molar-refractivity contribution in [2.45, 2.75) is 19.3 Å². The number of hydrogen-bond acceptors (Lipinski definition) is 3. The van der Waals surface area contributed by atoms with Crippen LogP contribution in [0.1, 0.15) is 39.1 Å². The van der Waals surface area contributed by atoms with E-state index >= 15 is 0 Å². The molecule has 0 radical (unpaired) electrons. The number of para-hydroxylation sites is 1. The number of likely N-dealkylation sites (tertiary alicyclic amines) is 1. The van der Waals surface area contributed by atoms with Crippen molar-refractivity contribution in [3.8, 4) is 0 Å². The van der Waals surface area contributed by atoms with Gasteiger partial charge in [0.25, 0.3) is 11.8 Å². The molecule has 5 rings (SSSR count). The van der Waals surface area contributed by atoms with Gasteiger partial charge in [-0.25, -0.2) is 4.39 Å². The summed E-state index contributed by atoms with van der Waals surface area (Å²) in [6.07, 6.45) is 2.74. The zero-order valence-electron chi connectivity index (χ0n) is 17.6. The van der Waals surface area contributed by atoms with E-state index in [2.05, 4.69) is 10.6 Å². The summed E-state index contributed by atoms with van der Waals surface area (Å²) in [6, 6.07) is 19.4. The van der Waals surface area contributed by atoms with Crippen LogP contribution in [-0.4, -0.2) is 29.8 Å². The highest BCUT2D eigenvalue weighted by molar-refractivity contribution is 6.12. The number of anilines is 3. The van der Waals surface area contributed by atoms with E-state index in [0.717, 1.165) is 36.2 Å². The molecule has 2 aliphatic heterocycles. The standard InChI is InChI=1S/C26H24FN3O2/c27-20-8-5-17(6-9-20)15-18-11-13-30(14-12-18)26(32)19-7-10-23-24(16-19)29-25(31)21-3-1-2-4-22(21)28-23/h1-10,16,18,28H,11-15H2,(H,29,31). The Balaban J connectivity index is 1.25. The van der Waals surface area contributed by atoms with Gasteiger partial charge < -0.3 is 15.5 Å². The van der Waals surface area contributed by atoms with E-state index in [1.165, 1.54) is 12.1 Å². The minimum Gasteiger partial charge on any atom is -0.353 e. The first-order valence-electron chi connectivity index (χ1n) is 10.9. The second-order valence-corrected chi connectivity index (χ2v) is 8.45. The molecule has 3 aromatic carbocycles. The van der Waals surface area contributed by atoms with Crippen LogP contribution in [0, 0.1) is 11.7 Å². The van der Waals surface area contributed by atoms with Crippen LogP contribution >= 0.6 is 0 Å². The molecule has 32 heavy (non-hydrogen) atoms. The quantitative estimate of drug-likeness (QED) is 0.599. The van der Waals surface area contributed by atoms with E-state index in [1.54, 1.807) is 18.2 Å². The number of hydrogen-bond donors (Lipinski definition) is 2. The number of halogens is 1. The maximum atomic E-state index is 13.1. The van der Waals surface area contributed by atoms with Crippen LogP contribution in [0.3, 0.4) is 0 Å². The number of amides is 2. The summed E-state index contributed by atoms with van der Waals surface area (Å²) in [7, 11) is 0. The Labute approximate surface area is 186 Å². The first-order valence-corrected chi connectivity index (χ1v) is 10.9. The molecule has 0 spiro atoms. The summed E-state index contributed by atoms with van der Waals surface area (Å²) in [6.45, 7) is 1.38. The molecule has 162 valence electrons. The van der Waals surface area contributed by atoms with Crippen LogP contribution in [0.5, 0.6) is 0 Å². The number of carbonyl (C=O) groups is 2. The maximum absolute atomic E-state index is 13.1. The molecule has 2 amide bonds. The Morgan fingerprint density at radius 1 is 0.906 bits per heavy atom. The zero-order chi connectivity index (χ0) is 22.1. The van der Waals surface area contributed by atoms with E-state index in [1.807, 2.05) is 41.3 Å². The number of carbonyl (C=O) groups excluding carboxylic acids is 2. The number of benzene rings is 3. The molecule has 0 aromatic heterocycles. The van der Waals surface area contributed by atoms with Crippen molar-refractivity contribution in [1.82, 2.24) is 4.90 Å². The first kappa shape index (κ1) is 20.2. The second kappa shape index (κ2) is 8.46. The Kier molecular flexibility index (Phi) is 5.35. The smallest absolute Gasteiger partial charge is 0.257 e. The van der Waals surface area contributed by atoms with E-state index in [9.17, 15) is 14.0 Å². The number of nitrogens with zero attached hydrogens (tertiary/aromatic N) is 1. The summed E-state index contributed by atoms with van der Waals surface area (Å²) in [5.74, 6) is 0.0471. The second-order valence-electron chi connectivity index (χ2n) is 8.45. The van der Waals surface area contributed by atoms with Crippen LogP contribution < -0.4 is 10.6 Å². The Morgan fingerprint density at radius 2 is 1.66 bits per heavy atom. The minimum atomic E-state index is -0.217. The molecule has 2 aliphatic rings. The number of nitrogens with one attached hydrogen (secondary N) is 2. The normalized spacial score (nSPS) is 15.8. The maximum Gasteiger partial charge on any atom is 0.257 e. The van der Waals surface area contributed by atoms with Crippen molar-refractivity contribution in [2.75, 3.05) is 23.7 Å². The predicted octanol–water partition coefficient (Wildman–Crippen LogP) is 5.23. The van der Waals surface area contributed by atoms with Crippen molar-refractivity contribution in [3.05, 3.63) is 89.2 Å². The molecule has 3 aromatic rings. The molecule has 0 aliphatic carbocycles. The fraction of sp³-hybridized carbons (Fsp3) is 0.231. The average molecular weight is 429 g/mol. The third-order valence-corrected chi connectivity index (χ3v) is 6.30. The number of piperidine rings is 1. The van der Waals surface area contributed by atoms with E-state index in [-0.39, 0.29) is 17.6 Å². The topological polar surface area (TPSA) is 61.4 Å². The lowest BCUT2D eigenvalue weighted by molar-refractivity contribution is 0.0690. The lowest BCUT2D eigenvalue weighted by Crippen LogP contribution is -2.39. The van der Waals surface area contributed by atoms with Crippen molar-refractivity contribution in [1.29, 1.82) is 0 Å². The Morgan fingerprint density at radius 3 is 2.44 bits per heavy atom. The van der Waals surface area contributed by atoms with Crippen LogP contribution in [-0.2, 0) is 6.42 Å². The lowest BCUT2D eigenvalue weighted by Gasteiger charge is -2.32. The largest absolute Gasteiger partial charge is 0.353 e. The fourth-order valence-electron chi connectivity index (χ4n) is 4.49. The predicted molar refractivity (Wildman–Crippen MR) is 123 cm³/mol. The van der Waals surface area contributed by atoms with Gasteiger partial charge in [0, 0.05) is 18.7 Å². The molecule has 6 heteroatoms. The molecule has 0 saturated carbocycles. The van der Waals surface area contributed by atoms with Gasteiger partial charge in [0.2, 0.25) is 0 Å². The highest BCUT2D eigenvalue weighted by atomic mass is 19.1. The van der Waals surface area contributed by atoms with Crippen molar-refractivity contribution >= 4 is 28.9 Å². The average Bonchev–Trinajstić information content (AvgIpc) is 2.96. The SMILES string of the molecule is O=C1Nc2cc(C(=O)N3CCC(Cc4ccc(F)cc4)CC3)ccc2Nc2ccccc21. The molecule has 0 unspecified atom stereocenters. The molecule has 2 heterocycles. The number of rotatable bonds is 3. The third kappa shape index (κ3) is 4.08. The summed E-state index contributed by atoms with van der Waals surface area (Å²) in [4.78, 5) is 27.6. The summed E-state index contributed by atoms with van der Waals surface area (Å²) < 4.78 is 13.1. The van der Waals surface area contributed by atoms with Gasteiger partial charge in [0.1, 0.15) is 5.82 Å². The van der Waals surface area contributed by atoms with Gasteiger partial charge in [-0.1, -0.05) is 24.3 Å². The minimum absolute atomic E-state index is 0.0240. The van der Waals surface area contributed by atoms with Gasteiger partial charge in [0.05, 0.1) is 22.6 Å². The molecular formula is C26H24FN3O2. The molecule has 0 bridgehead atoms. The van der Waals surface area contributed by atoms with Crippen LogP contribution in [0.25, 0.3) is 0 Å². The van der Waals surface area contributed by atoms with Gasteiger partial charge in [-0.2, -0.15) is 0 Å². The molecule has 1 fully saturated rings. The van der Waals surface area contributed by atoms with E-state index < -0.39 is 0 Å². The van der Waals surface area contributed by atoms with Crippen LogP contribution in [0.4, 0.5) is 21.5 Å². The van der Waals surface area contributed by atoms with Gasteiger partial charge >= 0.3 is 0 Å². The van der Waals surface area contributed by atoms with Crippen molar-refractivity contribution in [2.24, 2.45) is 5.92 Å². The number of fused-ring (bicyclic) bond motifs is 2. The van der Waals surface area contributed by atoms with Crippen molar-refractivity contribution < 1.29 is 14.0 Å². The van der Waals surface area contributed by atoms with Crippen LogP contribution in [0.15, 0.2) is 66.7 Å². The molecular weight excluding hydrogens is 405 g/mol. The monoisotopic (exact) mass is 429 g/mol. The van der Waals surface area contributed by atoms with E-state index in [4.69, 9.17) is 0 Å². The van der Waals surface area contributed by atoms with Gasteiger partial charge in [0.15, 0.2) is 0 Å².